The molecule has 0 aliphatic carbocycles. The van der Waals surface area contributed by atoms with Crippen LogP contribution in [0.5, 0.6) is 0 Å². The van der Waals surface area contributed by atoms with Gasteiger partial charge < -0.3 is 15.1 Å². The number of carbonyl (C=O) groups excluding carboxylic acids is 1. The lowest BCUT2D eigenvalue weighted by Crippen LogP contribution is -2.44. The Bertz CT molecular complexity index is 1130. The number of thiophene rings is 1. The van der Waals surface area contributed by atoms with E-state index >= 15 is 0 Å². The van der Waals surface area contributed by atoms with Crippen LogP contribution < -0.4 is 10.2 Å². The summed E-state index contributed by atoms with van der Waals surface area (Å²) in [5.74, 6) is 1.09. The van der Waals surface area contributed by atoms with Gasteiger partial charge >= 0.3 is 0 Å². The van der Waals surface area contributed by atoms with Gasteiger partial charge in [0, 0.05) is 41.5 Å². The van der Waals surface area contributed by atoms with E-state index in [1.165, 1.54) is 55.7 Å². The minimum Gasteiger partial charge on any atom is -0.356 e. The number of hydrogen-bond donors (Lipinski definition) is 1. The average molecular weight is 483 g/mol. The van der Waals surface area contributed by atoms with Crippen molar-refractivity contribution >= 4 is 51.3 Å². The van der Waals surface area contributed by atoms with E-state index in [2.05, 4.69) is 28.1 Å². The summed E-state index contributed by atoms with van der Waals surface area (Å²) in [5.41, 5.74) is 3.00. The lowest BCUT2D eigenvalue weighted by atomic mass is 10.0. The molecule has 5 rings (SSSR count). The lowest BCUT2D eigenvalue weighted by molar-refractivity contribution is -0.116. The molecule has 0 saturated carbocycles. The van der Waals surface area contributed by atoms with Crippen molar-refractivity contribution in [3.8, 4) is 0 Å². The van der Waals surface area contributed by atoms with Crippen LogP contribution in [0.3, 0.4) is 0 Å². The molecule has 5 nitrogen and oxygen atoms in total. The maximum absolute atomic E-state index is 12.4. The number of pyridine rings is 1. The first-order chi connectivity index (χ1) is 16.0. The van der Waals surface area contributed by atoms with E-state index in [1.807, 2.05) is 30.3 Å². The summed E-state index contributed by atoms with van der Waals surface area (Å²) in [4.78, 5) is 23.6. The fourth-order valence-corrected chi connectivity index (χ4v) is 6.22. The average Bonchev–Trinajstić information content (AvgIpc) is 3.50. The van der Waals surface area contributed by atoms with Gasteiger partial charge in [-0.15, -0.1) is 11.3 Å². The largest absolute Gasteiger partial charge is 0.356 e. The second-order valence-corrected chi connectivity index (χ2v) is 11.0. The van der Waals surface area contributed by atoms with E-state index in [-0.39, 0.29) is 5.91 Å². The van der Waals surface area contributed by atoms with Crippen molar-refractivity contribution in [3.63, 3.8) is 0 Å². The van der Waals surface area contributed by atoms with Gasteiger partial charge in [-0.2, -0.15) is 0 Å². The molecule has 1 amide bonds. The van der Waals surface area contributed by atoms with E-state index in [0.717, 1.165) is 50.8 Å². The molecule has 0 radical (unpaired) electrons. The minimum absolute atomic E-state index is 0.0157. The molecule has 2 aliphatic rings. The zero-order valence-electron chi connectivity index (χ0n) is 19.1. The number of hydrogen-bond acceptors (Lipinski definition) is 5. The van der Waals surface area contributed by atoms with Crippen LogP contribution in [0.15, 0.2) is 36.4 Å². The van der Waals surface area contributed by atoms with Gasteiger partial charge in [-0.3, -0.25) is 4.79 Å². The van der Waals surface area contributed by atoms with Gasteiger partial charge in [0.1, 0.15) is 5.82 Å². The van der Waals surface area contributed by atoms with Crippen LogP contribution in [0.2, 0.25) is 4.34 Å². The number of nitrogens with zero attached hydrogens (tertiary/aromatic N) is 3. The number of fused-ring (bicyclic) bond motifs is 1. The van der Waals surface area contributed by atoms with E-state index in [1.54, 1.807) is 0 Å². The Morgan fingerprint density at radius 3 is 2.64 bits per heavy atom. The van der Waals surface area contributed by atoms with Gasteiger partial charge in [-0.25, -0.2) is 4.98 Å². The molecule has 2 aliphatic heterocycles. The third-order valence-corrected chi connectivity index (χ3v) is 8.25. The molecule has 2 aromatic heterocycles. The highest BCUT2D eigenvalue weighted by Crippen LogP contribution is 2.29. The van der Waals surface area contributed by atoms with E-state index in [0.29, 0.717) is 12.8 Å². The molecule has 1 aromatic carbocycles. The highest BCUT2D eigenvalue weighted by atomic mass is 35.5. The Morgan fingerprint density at radius 1 is 1.12 bits per heavy atom. The fourth-order valence-electron chi connectivity index (χ4n) is 5.13. The zero-order valence-corrected chi connectivity index (χ0v) is 20.7. The molecule has 2 fully saturated rings. The van der Waals surface area contributed by atoms with E-state index in [4.69, 9.17) is 16.6 Å². The normalized spacial score (nSPS) is 17.7. The number of nitrogens with one attached hydrogen (secondary N) is 1. The van der Waals surface area contributed by atoms with Crippen LogP contribution in [0.25, 0.3) is 10.9 Å². The topological polar surface area (TPSA) is 48.5 Å². The number of benzene rings is 1. The third kappa shape index (κ3) is 5.34. The van der Waals surface area contributed by atoms with Gasteiger partial charge in [0.2, 0.25) is 5.91 Å². The van der Waals surface area contributed by atoms with Crippen molar-refractivity contribution in [2.75, 3.05) is 36.4 Å². The Labute approximate surface area is 204 Å². The predicted molar refractivity (Wildman–Crippen MR) is 139 cm³/mol. The molecule has 4 heterocycles. The molecular weight excluding hydrogens is 452 g/mol. The van der Waals surface area contributed by atoms with Crippen molar-refractivity contribution in [2.24, 2.45) is 0 Å². The minimum atomic E-state index is 0.0157. The molecule has 33 heavy (non-hydrogen) atoms. The van der Waals surface area contributed by atoms with Crippen LogP contribution in [-0.4, -0.2) is 48.0 Å². The Kier molecular flexibility index (Phi) is 6.86. The standard InChI is InChI=1S/C26H31ClN4OS/c1-18-16-25(31-14-10-20(11-15-31)30-12-2-3-13-30)29-23-7-4-19(17-22(18)23)28-26(32)9-6-21-5-8-24(27)33-21/h4-5,7-8,16-17,20H,2-3,6,9-15H2,1H3,(H,28,32). The molecule has 174 valence electrons. The van der Waals surface area contributed by atoms with Crippen molar-refractivity contribution < 1.29 is 4.79 Å². The summed E-state index contributed by atoms with van der Waals surface area (Å²) >= 11 is 7.51. The first-order valence-corrected chi connectivity index (χ1v) is 13.2. The predicted octanol–water partition coefficient (Wildman–Crippen LogP) is 5.89. The second kappa shape index (κ2) is 10.00. The smallest absolute Gasteiger partial charge is 0.224 e. The van der Waals surface area contributed by atoms with E-state index in [9.17, 15) is 4.79 Å². The molecule has 1 N–H and O–H groups in total. The third-order valence-electron chi connectivity index (χ3n) is 6.96. The number of rotatable bonds is 6. The summed E-state index contributed by atoms with van der Waals surface area (Å²) in [5, 5.41) is 4.13. The van der Waals surface area contributed by atoms with Gasteiger partial charge in [-0.1, -0.05) is 11.6 Å². The van der Waals surface area contributed by atoms with E-state index < -0.39 is 0 Å². The van der Waals surface area contributed by atoms with Crippen LogP contribution in [-0.2, 0) is 11.2 Å². The molecule has 3 aromatic rings. The molecule has 7 heteroatoms. The highest BCUT2D eigenvalue weighted by Gasteiger charge is 2.27. The van der Waals surface area contributed by atoms with Crippen molar-refractivity contribution in [1.82, 2.24) is 9.88 Å². The number of amides is 1. The SMILES string of the molecule is Cc1cc(N2CCC(N3CCCC3)CC2)nc2ccc(NC(=O)CCc3ccc(Cl)s3)cc12. The van der Waals surface area contributed by atoms with Crippen LogP contribution in [0, 0.1) is 6.92 Å². The maximum atomic E-state index is 12.4. The molecule has 0 spiro atoms. The number of aromatic nitrogens is 1. The van der Waals surface area contributed by atoms with Crippen LogP contribution in [0.1, 0.15) is 42.5 Å². The fraction of sp³-hybridized carbons (Fsp3) is 0.462. The Hall–Kier alpha value is -2.15. The van der Waals surface area contributed by atoms with Crippen molar-refractivity contribution in [1.29, 1.82) is 0 Å². The monoisotopic (exact) mass is 482 g/mol. The molecule has 2 saturated heterocycles. The highest BCUT2D eigenvalue weighted by molar-refractivity contribution is 7.16. The number of likely N-dealkylation sites (tertiary alicyclic amines) is 1. The maximum Gasteiger partial charge on any atom is 0.224 e. The van der Waals surface area contributed by atoms with Gasteiger partial charge in [0.25, 0.3) is 0 Å². The molecule has 0 unspecified atom stereocenters. The molecule has 0 atom stereocenters. The summed E-state index contributed by atoms with van der Waals surface area (Å²) in [6, 6.07) is 12.8. The zero-order chi connectivity index (χ0) is 22.8. The van der Waals surface area contributed by atoms with Crippen LogP contribution >= 0.6 is 22.9 Å². The first-order valence-electron chi connectivity index (χ1n) is 12.0. The summed E-state index contributed by atoms with van der Waals surface area (Å²) in [7, 11) is 0. The molecule has 0 bridgehead atoms. The summed E-state index contributed by atoms with van der Waals surface area (Å²) < 4.78 is 0.762. The van der Waals surface area contributed by atoms with Gasteiger partial charge in [0.15, 0.2) is 0 Å². The number of piperidine rings is 1. The van der Waals surface area contributed by atoms with Gasteiger partial charge in [-0.05, 0) is 94.1 Å². The summed E-state index contributed by atoms with van der Waals surface area (Å²) in [6.45, 7) is 6.83. The number of anilines is 2. The number of halogens is 1. The first kappa shape index (κ1) is 22.6. The lowest BCUT2D eigenvalue weighted by Gasteiger charge is -2.37. The number of carbonyl (C=O) groups is 1. The van der Waals surface area contributed by atoms with Gasteiger partial charge in [0.05, 0.1) is 9.85 Å². The van der Waals surface area contributed by atoms with Crippen LogP contribution in [0.4, 0.5) is 11.5 Å². The quantitative estimate of drug-likeness (QED) is 0.475. The number of aryl methyl sites for hydroxylation is 2. The van der Waals surface area contributed by atoms with Crippen molar-refractivity contribution in [3.05, 3.63) is 51.2 Å². The summed E-state index contributed by atoms with van der Waals surface area (Å²) in [6.07, 6.45) is 6.31. The molecular formula is C26H31ClN4OS. The Morgan fingerprint density at radius 2 is 1.91 bits per heavy atom. The second-order valence-electron chi connectivity index (χ2n) is 9.24. The Balaban J connectivity index is 1.22. The van der Waals surface area contributed by atoms with Crippen molar-refractivity contribution in [2.45, 2.75) is 51.5 Å².